The van der Waals surface area contributed by atoms with E-state index in [1.807, 2.05) is 61.6 Å². The Morgan fingerprint density at radius 2 is 1.62 bits per heavy atom. The van der Waals surface area contributed by atoms with Gasteiger partial charge in [-0.2, -0.15) is 5.10 Å². The lowest BCUT2D eigenvalue weighted by Crippen LogP contribution is -2.32. The molecule has 0 aliphatic carbocycles. The van der Waals surface area contributed by atoms with Crippen LogP contribution < -0.4 is 25.5 Å². The molecule has 0 heterocycles. The van der Waals surface area contributed by atoms with E-state index >= 15 is 0 Å². The van der Waals surface area contributed by atoms with Crippen LogP contribution in [0, 0.1) is 17.4 Å². The second-order valence-corrected chi connectivity index (χ2v) is 10.2. The standard InChI is InChI=1S/C27H25Cl2IN4O5/c1-4-38-22-9-17(13-31-34-27(37)26(36)33-24-15(2)6-5-7-16(24)3)8-21(30)25(22)39-14-23(35)32-20-11-18(28)10-19(29)12-20/h5-13H,4,14H2,1-3H3,(H,32,35)(H,33,36)(H,34,37)/b31-13-. The van der Waals surface area contributed by atoms with Crippen molar-refractivity contribution in [1.29, 1.82) is 0 Å². The van der Waals surface area contributed by atoms with E-state index in [0.29, 0.717) is 48.7 Å². The van der Waals surface area contributed by atoms with Gasteiger partial charge in [-0.05, 0) is 90.4 Å². The van der Waals surface area contributed by atoms with Crippen molar-refractivity contribution in [2.24, 2.45) is 5.10 Å². The molecule has 0 fully saturated rings. The maximum Gasteiger partial charge on any atom is 0.329 e. The average Bonchev–Trinajstić information content (AvgIpc) is 2.85. The van der Waals surface area contributed by atoms with Crippen molar-refractivity contribution in [3.63, 3.8) is 0 Å². The lowest BCUT2D eigenvalue weighted by atomic mass is 10.1. The van der Waals surface area contributed by atoms with Gasteiger partial charge in [0.05, 0.1) is 16.4 Å². The molecule has 3 N–H and O–H groups in total. The maximum absolute atomic E-state index is 12.4. The molecule has 39 heavy (non-hydrogen) atoms. The van der Waals surface area contributed by atoms with Gasteiger partial charge in [-0.25, -0.2) is 5.43 Å². The Morgan fingerprint density at radius 1 is 0.949 bits per heavy atom. The third kappa shape index (κ3) is 8.84. The monoisotopic (exact) mass is 682 g/mol. The molecule has 0 unspecified atom stereocenters. The van der Waals surface area contributed by atoms with E-state index in [9.17, 15) is 14.4 Å². The number of nitrogens with one attached hydrogen (secondary N) is 3. The summed E-state index contributed by atoms with van der Waals surface area (Å²) in [7, 11) is 0. The number of carbonyl (C=O) groups is 3. The minimum absolute atomic E-state index is 0.292. The van der Waals surface area contributed by atoms with Gasteiger partial charge >= 0.3 is 11.8 Å². The summed E-state index contributed by atoms with van der Waals surface area (Å²) >= 11 is 14.0. The maximum atomic E-state index is 12.4. The molecule has 0 spiro atoms. The highest BCUT2D eigenvalue weighted by Crippen LogP contribution is 2.34. The average molecular weight is 683 g/mol. The van der Waals surface area contributed by atoms with Gasteiger partial charge in [0.25, 0.3) is 5.91 Å². The highest BCUT2D eigenvalue weighted by Gasteiger charge is 2.16. The predicted molar refractivity (Wildman–Crippen MR) is 161 cm³/mol. The summed E-state index contributed by atoms with van der Waals surface area (Å²) in [6, 6.07) is 13.6. The zero-order chi connectivity index (χ0) is 28.5. The summed E-state index contributed by atoms with van der Waals surface area (Å²) in [5.74, 6) is -1.43. The first-order chi connectivity index (χ1) is 18.6. The number of carbonyl (C=O) groups excluding carboxylic acids is 3. The SMILES string of the molecule is CCOc1cc(/C=N\NC(=O)C(=O)Nc2c(C)cccc2C)cc(I)c1OCC(=O)Nc1cc(Cl)cc(Cl)c1. The van der Waals surface area contributed by atoms with Crippen LogP contribution in [0.15, 0.2) is 53.6 Å². The molecule has 0 aliphatic heterocycles. The largest absolute Gasteiger partial charge is 0.490 e. The Bertz CT molecular complexity index is 1390. The van der Waals surface area contributed by atoms with Crippen LogP contribution in [0.5, 0.6) is 11.5 Å². The van der Waals surface area contributed by atoms with Crippen LogP contribution in [0.2, 0.25) is 10.0 Å². The fraction of sp³-hybridized carbons (Fsp3) is 0.185. The molecule has 0 aromatic heterocycles. The first-order valence-electron chi connectivity index (χ1n) is 11.6. The molecule has 0 saturated heterocycles. The van der Waals surface area contributed by atoms with Gasteiger partial charge in [-0.1, -0.05) is 41.4 Å². The summed E-state index contributed by atoms with van der Waals surface area (Å²) in [6.07, 6.45) is 1.37. The highest BCUT2D eigenvalue weighted by atomic mass is 127. The molecule has 9 nitrogen and oxygen atoms in total. The van der Waals surface area contributed by atoms with E-state index in [2.05, 4.69) is 21.2 Å². The second-order valence-electron chi connectivity index (χ2n) is 8.18. The minimum atomic E-state index is -0.916. The summed E-state index contributed by atoms with van der Waals surface area (Å²) in [4.78, 5) is 36.9. The molecular formula is C27H25Cl2IN4O5. The molecule has 204 valence electrons. The number of aryl methyl sites for hydroxylation is 2. The van der Waals surface area contributed by atoms with Crippen molar-refractivity contribution < 1.29 is 23.9 Å². The van der Waals surface area contributed by atoms with Crippen LogP contribution in [0.1, 0.15) is 23.6 Å². The Morgan fingerprint density at radius 3 is 2.26 bits per heavy atom. The number of nitrogens with zero attached hydrogens (tertiary/aromatic N) is 1. The van der Waals surface area contributed by atoms with Crippen LogP contribution in [0.4, 0.5) is 11.4 Å². The molecule has 0 saturated carbocycles. The number of para-hydroxylation sites is 1. The molecule has 12 heteroatoms. The number of benzene rings is 3. The Balaban J connectivity index is 1.64. The molecule has 3 aromatic rings. The number of halogens is 3. The van der Waals surface area contributed by atoms with E-state index < -0.39 is 17.7 Å². The van der Waals surface area contributed by atoms with Gasteiger partial charge in [0.1, 0.15) is 0 Å². The van der Waals surface area contributed by atoms with Gasteiger partial charge < -0.3 is 20.1 Å². The fourth-order valence-corrected chi connectivity index (χ4v) is 4.73. The van der Waals surface area contributed by atoms with E-state index in [4.69, 9.17) is 32.7 Å². The highest BCUT2D eigenvalue weighted by molar-refractivity contribution is 14.1. The lowest BCUT2D eigenvalue weighted by molar-refractivity contribution is -0.136. The van der Waals surface area contributed by atoms with Crippen molar-refractivity contribution in [1.82, 2.24) is 5.43 Å². The number of amides is 3. The Labute approximate surface area is 249 Å². The van der Waals surface area contributed by atoms with Gasteiger partial charge in [0.15, 0.2) is 18.1 Å². The van der Waals surface area contributed by atoms with E-state index in [1.54, 1.807) is 30.3 Å². The number of hydrogen-bond acceptors (Lipinski definition) is 6. The molecule has 0 aliphatic rings. The zero-order valence-electron chi connectivity index (χ0n) is 21.2. The van der Waals surface area contributed by atoms with Crippen LogP contribution in [-0.2, 0) is 14.4 Å². The molecule has 0 bridgehead atoms. The van der Waals surface area contributed by atoms with E-state index in [-0.39, 0.29) is 6.61 Å². The van der Waals surface area contributed by atoms with Crippen LogP contribution >= 0.6 is 45.8 Å². The molecular weight excluding hydrogens is 658 g/mol. The molecule has 3 rings (SSSR count). The fourth-order valence-electron chi connectivity index (χ4n) is 3.42. The van der Waals surface area contributed by atoms with Crippen molar-refractivity contribution in [2.75, 3.05) is 23.8 Å². The Hall–Kier alpha value is -3.35. The van der Waals surface area contributed by atoms with Gasteiger partial charge in [-0.3, -0.25) is 14.4 Å². The van der Waals surface area contributed by atoms with Gasteiger partial charge in [0, 0.05) is 21.4 Å². The topological polar surface area (TPSA) is 118 Å². The first kappa shape index (κ1) is 30.2. The summed E-state index contributed by atoms with van der Waals surface area (Å²) in [5, 5.41) is 9.95. The third-order valence-electron chi connectivity index (χ3n) is 5.13. The normalized spacial score (nSPS) is 10.7. The van der Waals surface area contributed by atoms with Gasteiger partial charge in [-0.15, -0.1) is 0 Å². The van der Waals surface area contributed by atoms with Gasteiger partial charge in [0.2, 0.25) is 0 Å². The third-order valence-corrected chi connectivity index (χ3v) is 6.37. The van der Waals surface area contributed by atoms with E-state index in [0.717, 1.165) is 11.1 Å². The molecule has 0 radical (unpaired) electrons. The number of ether oxygens (including phenoxy) is 2. The van der Waals surface area contributed by atoms with Crippen molar-refractivity contribution in [3.05, 3.63) is 78.8 Å². The number of hydrazone groups is 1. The van der Waals surface area contributed by atoms with Crippen molar-refractivity contribution in [2.45, 2.75) is 20.8 Å². The second kappa shape index (κ2) is 14.2. The predicted octanol–water partition coefficient (Wildman–Crippen LogP) is 5.72. The summed E-state index contributed by atoms with van der Waals surface area (Å²) < 4.78 is 12.1. The zero-order valence-corrected chi connectivity index (χ0v) is 24.9. The van der Waals surface area contributed by atoms with Crippen LogP contribution in [0.3, 0.4) is 0 Å². The quantitative estimate of drug-likeness (QED) is 0.116. The number of hydrogen-bond donors (Lipinski definition) is 3. The minimum Gasteiger partial charge on any atom is -0.490 e. The van der Waals surface area contributed by atoms with Crippen molar-refractivity contribution in [3.8, 4) is 11.5 Å². The molecule has 3 amide bonds. The lowest BCUT2D eigenvalue weighted by Gasteiger charge is -2.15. The smallest absolute Gasteiger partial charge is 0.329 e. The van der Waals surface area contributed by atoms with Crippen LogP contribution in [-0.4, -0.2) is 37.1 Å². The number of anilines is 2. The number of rotatable bonds is 9. The van der Waals surface area contributed by atoms with E-state index in [1.165, 1.54) is 6.21 Å². The van der Waals surface area contributed by atoms with Crippen molar-refractivity contribution >= 4 is 81.1 Å². The summed E-state index contributed by atoms with van der Waals surface area (Å²) in [5.41, 5.74) is 5.49. The Kier molecular flexibility index (Phi) is 11.0. The summed E-state index contributed by atoms with van der Waals surface area (Å²) in [6.45, 7) is 5.54. The first-order valence-corrected chi connectivity index (χ1v) is 13.5. The molecule has 3 aromatic carbocycles. The molecule has 0 atom stereocenters. The van der Waals surface area contributed by atoms with Crippen LogP contribution in [0.25, 0.3) is 0 Å².